The number of hydrogen-bond donors (Lipinski definition) is 2. The molecule has 5 heteroatoms. The van der Waals surface area contributed by atoms with Gasteiger partial charge in [-0.15, -0.1) is 0 Å². The highest BCUT2D eigenvalue weighted by Gasteiger charge is 2.12. The van der Waals surface area contributed by atoms with E-state index in [-0.39, 0.29) is 5.52 Å². The third-order valence-corrected chi connectivity index (χ3v) is 3.13. The number of nitrogens with two attached hydrogens (primary N) is 1. The van der Waals surface area contributed by atoms with Gasteiger partial charge in [0.05, 0.1) is 5.52 Å². The van der Waals surface area contributed by atoms with Gasteiger partial charge in [0.15, 0.2) is 11.6 Å². The van der Waals surface area contributed by atoms with Gasteiger partial charge in [0.1, 0.15) is 11.3 Å². The lowest BCUT2D eigenvalue weighted by Crippen LogP contribution is -2.06. The molecule has 1 aromatic heterocycles. The Bertz CT molecular complexity index is 536. The maximum Gasteiger partial charge on any atom is 0.186 e. The zero-order valence-electron chi connectivity index (χ0n) is 10.3. The maximum atomic E-state index is 13.5. The van der Waals surface area contributed by atoms with E-state index in [2.05, 4.69) is 16.9 Å². The summed E-state index contributed by atoms with van der Waals surface area (Å²) in [4.78, 5) is 7.12. The first kappa shape index (κ1) is 13.0. The Kier molecular flexibility index (Phi) is 3.91. The average Bonchev–Trinajstić information content (AvgIpc) is 2.76. The molecule has 1 unspecified atom stereocenters. The lowest BCUT2D eigenvalue weighted by molar-refractivity contribution is 0.494. The fourth-order valence-corrected chi connectivity index (χ4v) is 2.00. The fourth-order valence-electron chi connectivity index (χ4n) is 2.00. The molecule has 0 radical (unpaired) electrons. The van der Waals surface area contributed by atoms with Crippen molar-refractivity contribution in [2.75, 3.05) is 6.54 Å². The Labute approximate surface area is 104 Å². The van der Waals surface area contributed by atoms with Crippen molar-refractivity contribution in [1.29, 1.82) is 0 Å². The highest BCUT2D eigenvalue weighted by atomic mass is 19.2. The van der Waals surface area contributed by atoms with E-state index < -0.39 is 11.6 Å². The van der Waals surface area contributed by atoms with Crippen LogP contribution in [-0.2, 0) is 6.42 Å². The van der Waals surface area contributed by atoms with Crippen LogP contribution in [-0.4, -0.2) is 16.5 Å². The van der Waals surface area contributed by atoms with E-state index in [0.29, 0.717) is 23.8 Å². The molecule has 98 valence electrons. The van der Waals surface area contributed by atoms with E-state index in [1.54, 1.807) is 0 Å². The SMILES string of the molecule is CC(CCN)CCc1nc2c(F)c(F)ccc2[nH]1. The Hall–Kier alpha value is -1.49. The molecule has 0 aliphatic carbocycles. The minimum Gasteiger partial charge on any atom is -0.342 e. The highest BCUT2D eigenvalue weighted by molar-refractivity contribution is 5.75. The van der Waals surface area contributed by atoms with E-state index in [1.807, 2.05) is 0 Å². The van der Waals surface area contributed by atoms with Crippen LogP contribution in [0.4, 0.5) is 8.78 Å². The molecule has 3 nitrogen and oxygen atoms in total. The quantitative estimate of drug-likeness (QED) is 0.860. The molecule has 0 amide bonds. The van der Waals surface area contributed by atoms with Crippen LogP contribution >= 0.6 is 0 Å². The predicted molar refractivity (Wildman–Crippen MR) is 67.2 cm³/mol. The number of fused-ring (bicyclic) bond motifs is 1. The van der Waals surface area contributed by atoms with Crippen molar-refractivity contribution in [2.24, 2.45) is 11.7 Å². The fraction of sp³-hybridized carbons (Fsp3) is 0.462. The van der Waals surface area contributed by atoms with Crippen LogP contribution in [0, 0.1) is 17.6 Å². The van der Waals surface area contributed by atoms with E-state index in [0.717, 1.165) is 25.3 Å². The van der Waals surface area contributed by atoms with E-state index in [4.69, 9.17) is 5.73 Å². The molecular formula is C13H17F2N3. The van der Waals surface area contributed by atoms with Gasteiger partial charge in [0.25, 0.3) is 0 Å². The van der Waals surface area contributed by atoms with Crippen LogP contribution in [0.5, 0.6) is 0 Å². The molecule has 0 saturated carbocycles. The molecular weight excluding hydrogens is 236 g/mol. The predicted octanol–water partition coefficient (Wildman–Crippen LogP) is 2.76. The van der Waals surface area contributed by atoms with Crippen molar-refractivity contribution < 1.29 is 8.78 Å². The highest BCUT2D eigenvalue weighted by Crippen LogP contribution is 2.19. The van der Waals surface area contributed by atoms with E-state index >= 15 is 0 Å². The number of halogens is 2. The number of aromatic amines is 1. The topological polar surface area (TPSA) is 54.7 Å². The van der Waals surface area contributed by atoms with Gasteiger partial charge in [-0.1, -0.05) is 6.92 Å². The van der Waals surface area contributed by atoms with Crippen molar-refractivity contribution in [3.8, 4) is 0 Å². The Morgan fingerprint density at radius 1 is 1.33 bits per heavy atom. The summed E-state index contributed by atoms with van der Waals surface area (Å²) < 4.78 is 26.5. The van der Waals surface area contributed by atoms with Crippen molar-refractivity contribution in [3.63, 3.8) is 0 Å². The van der Waals surface area contributed by atoms with E-state index in [9.17, 15) is 8.78 Å². The summed E-state index contributed by atoms with van der Waals surface area (Å²) in [6, 6.07) is 2.62. The number of nitrogens with zero attached hydrogens (tertiary/aromatic N) is 1. The molecule has 1 aromatic carbocycles. The van der Waals surface area contributed by atoms with E-state index in [1.165, 1.54) is 6.07 Å². The summed E-state index contributed by atoms with van der Waals surface area (Å²) in [5, 5.41) is 0. The van der Waals surface area contributed by atoms with Crippen LogP contribution in [0.15, 0.2) is 12.1 Å². The first-order valence-electron chi connectivity index (χ1n) is 6.14. The molecule has 18 heavy (non-hydrogen) atoms. The van der Waals surface area contributed by atoms with Gasteiger partial charge >= 0.3 is 0 Å². The first-order chi connectivity index (χ1) is 8.61. The Morgan fingerprint density at radius 3 is 2.83 bits per heavy atom. The molecule has 0 bridgehead atoms. The molecule has 2 rings (SSSR count). The largest absolute Gasteiger partial charge is 0.342 e. The molecule has 0 aliphatic heterocycles. The number of aromatic nitrogens is 2. The average molecular weight is 253 g/mol. The van der Waals surface area contributed by atoms with Gasteiger partial charge < -0.3 is 10.7 Å². The molecule has 1 atom stereocenters. The first-order valence-corrected chi connectivity index (χ1v) is 6.14. The number of hydrogen-bond acceptors (Lipinski definition) is 2. The smallest absolute Gasteiger partial charge is 0.186 e. The van der Waals surface area contributed by atoms with Crippen molar-refractivity contribution in [3.05, 3.63) is 29.6 Å². The second kappa shape index (κ2) is 5.44. The second-order valence-corrected chi connectivity index (χ2v) is 4.66. The Morgan fingerprint density at radius 2 is 2.11 bits per heavy atom. The number of nitrogens with one attached hydrogen (secondary N) is 1. The summed E-state index contributed by atoms with van der Waals surface area (Å²) in [5.74, 6) is -0.551. The van der Waals surface area contributed by atoms with Crippen LogP contribution in [0.25, 0.3) is 11.0 Å². The maximum absolute atomic E-state index is 13.5. The molecule has 0 spiro atoms. The molecule has 0 saturated heterocycles. The molecule has 0 aliphatic rings. The van der Waals surface area contributed by atoms with Gasteiger partial charge in [-0.3, -0.25) is 0 Å². The third kappa shape index (κ3) is 2.67. The van der Waals surface area contributed by atoms with Crippen LogP contribution in [0.3, 0.4) is 0 Å². The summed E-state index contributed by atoms with van der Waals surface area (Å²) in [6.45, 7) is 2.79. The van der Waals surface area contributed by atoms with Crippen molar-refractivity contribution in [2.45, 2.75) is 26.2 Å². The number of rotatable bonds is 5. The van der Waals surface area contributed by atoms with Crippen LogP contribution in [0.1, 0.15) is 25.6 Å². The van der Waals surface area contributed by atoms with Gasteiger partial charge in [-0.2, -0.15) is 0 Å². The lowest BCUT2D eigenvalue weighted by Gasteiger charge is -2.07. The third-order valence-electron chi connectivity index (χ3n) is 3.13. The molecule has 0 fully saturated rings. The zero-order valence-corrected chi connectivity index (χ0v) is 10.3. The summed E-state index contributed by atoms with van der Waals surface area (Å²) in [6.07, 6.45) is 2.61. The van der Waals surface area contributed by atoms with Crippen LogP contribution < -0.4 is 5.73 Å². The van der Waals surface area contributed by atoms with Gasteiger partial charge in [0, 0.05) is 6.42 Å². The second-order valence-electron chi connectivity index (χ2n) is 4.66. The summed E-state index contributed by atoms with van der Waals surface area (Å²) >= 11 is 0. The van der Waals surface area contributed by atoms with Crippen LogP contribution in [0.2, 0.25) is 0 Å². The minimum atomic E-state index is -0.884. The van der Waals surface area contributed by atoms with Crippen molar-refractivity contribution >= 4 is 11.0 Å². The van der Waals surface area contributed by atoms with Crippen molar-refractivity contribution in [1.82, 2.24) is 9.97 Å². The zero-order chi connectivity index (χ0) is 13.1. The number of imidazole rings is 1. The van der Waals surface area contributed by atoms with Gasteiger partial charge in [0.2, 0.25) is 0 Å². The number of aryl methyl sites for hydroxylation is 1. The van der Waals surface area contributed by atoms with Gasteiger partial charge in [-0.25, -0.2) is 13.8 Å². The molecule has 3 N–H and O–H groups in total. The summed E-state index contributed by atoms with van der Waals surface area (Å²) in [5.41, 5.74) is 6.10. The van der Waals surface area contributed by atoms with Gasteiger partial charge in [-0.05, 0) is 37.4 Å². The monoisotopic (exact) mass is 253 g/mol. The standard InChI is InChI=1S/C13H17F2N3/c1-8(6-7-16)2-5-11-17-10-4-3-9(14)12(15)13(10)18-11/h3-4,8H,2,5-7,16H2,1H3,(H,17,18). The number of benzene rings is 1. The summed E-state index contributed by atoms with van der Waals surface area (Å²) in [7, 11) is 0. The Balaban J connectivity index is 2.13. The normalized spacial score (nSPS) is 13.1. The molecule has 2 aromatic rings. The number of H-pyrrole nitrogens is 1. The lowest BCUT2D eigenvalue weighted by atomic mass is 10.0. The minimum absolute atomic E-state index is 0.0801. The molecule has 1 heterocycles.